The molecule has 108 valence electrons. The van der Waals surface area contributed by atoms with Gasteiger partial charge in [-0.15, -0.1) is 11.6 Å². The Kier molecular flexibility index (Phi) is 3.78. The molecule has 0 spiro atoms. The van der Waals surface area contributed by atoms with Gasteiger partial charge >= 0.3 is 7.12 Å². The standard InChI is InChI=1S/C14H23BBrClO2/c1-13(2)9-7-10(13)14(3)11(8-9)18-15(19-14)12(17)5-4-6-16/h9-12H,4-8H2,1-3H3/t9?,10?,11?,12-,14+/m1/s1. The van der Waals surface area contributed by atoms with Gasteiger partial charge in [-0.3, -0.25) is 0 Å². The van der Waals surface area contributed by atoms with Crippen molar-refractivity contribution in [1.29, 1.82) is 0 Å². The zero-order chi connectivity index (χ0) is 13.8. The Labute approximate surface area is 130 Å². The van der Waals surface area contributed by atoms with Crippen molar-refractivity contribution in [2.24, 2.45) is 17.3 Å². The normalized spacial score (nSPS) is 44.7. The summed E-state index contributed by atoms with van der Waals surface area (Å²) in [5.74, 6) is 1.42. The number of hydrogen-bond donors (Lipinski definition) is 0. The highest BCUT2D eigenvalue weighted by atomic mass is 79.9. The Balaban J connectivity index is 1.70. The summed E-state index contributed by atoms with van der Waals surface area (Å²) < 4.78 is 12.5. The molecule has 3 saturated carbocycles. The number of hydrogen-bond acceptors (Lipinski definition) is 2. The molecule has 19 heavy (non-hydrogen) atoms. The van der Waals surface area contributed by atoms with E-state index in [4.69, 9.17) is 20.9 Å². The summed E-state index contributed by atoms with van der Waals surface area (Å²) in [6.45, 7) is 7.01. The van der Waals surface area contributed by atoms with Crippen molar-refractivity contribution >= 4 is 34.6 Å². The third-order valence-corrected chi connectivity index (χ3v) is 6.86. The summed E-state index contributed by atoms with van der Waals surface area (Å²) in [5, 5.41) is 0.960. The lowest BCUT2D eigenvalue weighted by Crippen LogP contribution is -2.65. The summed E-state index contributed by atoms with van der Waals surface area (Å²) >= 11 is 9.90. The van der Waals surface area contributed by atoms with Gasteiger partial charge in [0.25, 0.3) is 0 Å². The molecule has 3 unspecified atom stereocenters. The second-order valence-electron chi connectivity index (χ2n) is 7.18. The predicted molar refractivity (Wildman–Crippen MR) is 82.8 cm³/mol. The van der Waals surface area contributed by atoms with Gasteiger partial charge in [0.05, 0.1) is 17.0 Å². The molecule has 2 nitrogen and oxygen atoms in total. The maximum absolute atomic E-state index is 6.45. The van der Waals surface area contributed by atoms with Crippen LogP contribution < -0.4 is 0 Å². The van der Waals surface area contributed by atoms with Crippen LogP contribution in [-0.2, 0) is 9.31 Å². The monoisotopic (exact) mass is 348 g/mol. The van der Waals surface area contributed by atoms with Crippen LogP contribution in [0.4, 0.5) is 0 Å². The predicted octanol–water partition coefficient (Wildman–Crippen LogP) is 4.04. The molecule has 0 aromatic heterocycles. The van der Waals surface area contributed by atoms with Gasteiger partial charge in [-0.05, 0) is 49.9 Å². The van der Waals surface area contributed by atoms with Crippen molar-refractivity contribution in [2.45, 2.75) is 63.4 Å². The molecule has 1 saturated heterocycles. The summed E-state index contributed by atoms with van der Waals surface area (Å²) in [5.41, 5.74) is 0.283. The van der Waals surface area contributed by atoms with E-state index < -0.39 is 0 Å². The number of halogens is 2. The largest absolute Gasteiger partial charge is 0.476 e. The first kappa shape index (κ1) is 14.7. The third kappa shape index (κ3) is 2.13. The number of alkyl halides is 2. The Morgan fingerprint density at radius 2 is 2.11 bits per heavy atom. The highest BCUT2D eigenvalue weighted by Gasteiger charge is 2.68. The average Bonchev–Trinajstić information content (AvgIpc) is 2.72. The molecule has 0 N–H and O–H groups in total. The second-order valence-corrected chi connectivity index (χ2v) is 8.54. The van der Waals surface area contributed by atoms with E-state index >= 15 is 0 Å². The maximum atomic E-state index is 6.45. The van der Waals surface area contributed by atoms with E-state index in [1.165, 1.54) is 6.42 Å². The SMILES string of the molecule is CC1(C)C2CC3OB([C@H](Cl)CCCBr)O[C@@]3(C)C1C2. The lowest BCUT2D eigenvalue weighted by atomic mass is 9.43. The first-order valence-electron chi connectivity index (χ1n) is 7.43. The van der Waals surface area contributed by atoms with E-state index in [0.717, 1.165) is 30.5 Å². The molecule has 4 aliphatic rings. The van der Waals surface area contributed by atoms with Gasteiger partial charge in [-0.1, -0.05) is 29.8 Å². The van der Waals surface area contributed by atoms with Gasteiger partial charge in [0.15, 0.2) is 0 Å². The fraction of sp³-hybridized carbons (Fsp3) is 1.00. The Morgan fingerprint density at radius 3 is 2.74 bits per heavy atom. The molecule has 4 rings (SSSR count). The molecule has 5 atom stereocenters. The Morgan fingerprint density at radius 1 is 1.37 bits per heavy atom. The molecule has 0 aromatic rings. The summed E-state index contributed by atoms with van der Waals surface area (Å²) in [6.07, 6.45) is 4.69. The third-order valence-electron chi connectivity index (χ3n) is 5.88. The van der Waals surface area contributed by atoms with Crippen LogP contribution in [0, 0.1) is 17.3 Å². The molecule has 0 amide bonds. The van der Waals surface area contributed by atoms with Gasteiger partial charge in [-0.2, -0.15) is 0 Å². The van der Waals surface area contributed by atoms with Crippen LogP contribution in [0.25, 0.3) is 0 Å². The molecule has 1 aliphatic heterocycles. The van der Waals surface area contributed by atoms with E-state index in [1.54, 1.807) is 0 Å². The van der Waals surface area contributed by atoms with Crippen LogP contribution in [0.15, 0.2) is 0 Å². The van der Waals surface area contributed by atoms with E-state index in [9.17, 15) is 0 Å². The Bertz CT molecular complexity index is 367. The summed E-state index contributed by atoms with van der Waals surface area (Å²) in [4.78, 5) is 0. The van der Waals surface area contributed by atoms with Crippen LogP contribution in [0.3, 0.4) is 0 Å². The van der Waals surface area contributed by atoms with Crippen molar-refractivity contribution in [3.8, 4) is 0 Å². The minimum absolute atomic E-state index is 0.0275. The zero-order valence-electron chi connectivity index (χ0n) is 12.0. The molecule has 5 heteroatoms. The minimum Gasteiger partial charge on any atom is -0.404 e. The number of rotatable bonds is 4. The molecular formula is C14H23BBrClO2. The molecular weight excluding hydrogens is 326 g/mol. The highest BCUT2D eigenvalue weighted by molar-refractivity contribution is 9.09. The van der Waals surface area contributed by atoms with Crippen molar-refractivity contribution in [3.63, 3.8) is 0 Å². The maximum Gasteiger partial charge on any atom is 0.476 e. The molecule has 0 radical (unpaired) electrons. The Hall–Kier alpha value is 0.755. The van der Waals surface area contributed by atoms with Gasteiger partial charge < -0.3 is 9.31 Å². The van der Waals surface area contributed by atoms with Gasteiger partial charge in [-0.25, -0.2) is 0 Å². The van der Waals surface area contributed by atoms with Crippen molar-refractivity contribution < 1.29 is 9.31 Å². The van der Waals surface area contributed by atoms with E-state index in [0.29, 0.717) is 11.3 Å². The molecule has 2 bridgehead atoms. The van der Waals surface area contributed by atoms with Crippen molar-refractivity contribution in [3.05, 3.63) is 0 Å². The van der Waals surface area contributed by atoms with Crippen LogP contribution in [-0.4, -0.2) is 29.4 Å². The lowest BCUT2D eigenvalue weighted by Gasteiger charge is -2.64. The summed E-state index contributed by atoms with van der Waals surface area (Å²) in [7, 11) is -0.217. The topological polar surface area (TPSA) is 18.5 Å². The van der Waals surface area contributed by atoms with Gasteiger partial charge in [0.1, 0.15) is 0 Å². The van der Waals surface area contributed by atoms with Gasteiger partial charge in [0, 0.05) is 5.33 Å². The van der Waals surface area contributed by atoms with Crippen LogP contribution in [0.5, 0.6) is 0 Å². The minimum atomic E-state index is -0.217. The van der Waals surface area contributed by atoms with Crippen LogP contribution in [0.2, 0.25) is 0 Å². The van der Waals surface area contributed by atoms with Crippen molar-refractivity contribution in [2.75, 3.05) is 5.33 Å². The molecule has 4 fully saturated rings. The highest BCUT2D eigenvalue weighted by Crippen LogP contribution is 2.65. The van der Waals surface area contributed by atoms with E-state index in [2.05, 4.69) is 36.7 Å². The van der Waals surface area contributed by atoms with E-state index in [1.807, 2.05) is 0 Å². The van der Waals surface area contributed by atoms with Gasteiger partial charge in [0.2, 0.25) is 0 Å². The second kappa shape index (κ2) is 4.89. The smallest absolute Gasteiger partial charge is 0.404 e. The fourth-order valence-electron chi connectivity index (χ4n) is 4.46. The first-order valence-corrected chi connectivity index (χ1v) is 8.98. The lowest BCUT2D eigenvalue weighted by molar-refractivity contribution is -0.199. The fourth-order valence-corrected chi connectivity index (χ4v) is 5.05. The quantitative estimate of drug-likeness (QED) is 0.563. The zero-order valence-corrected chi connectivity index (χ0v) is 14.3. The first-order chi connectivity index (χ1) is 8.89. The molecule has 0 aromatic carbocycles. The summed E-state index contributed by atoms with van der Waals surface area (Å²) in [6, 6.07) is 0. The molecule has 3 aliphatic carbocycles. The molecule has 1 heterocycles. The van der Waals surface area contributed by atoms with Crippen LogP contribution in [0.1, 0.15) is 46.5 Å². The van der Waals surface area contributed by atoms with Crippen molar-refractivity contribution in [1.82, 2.24) is 0 Å². The van der Waals surface area contributed by atoms with Crippen LogP contribution >= 0.6 is 27.5 Å². The van der Waals surface area contributed by atoms with E-state index in [-0.39, 0.29) is 24.1 Å². The average molecular weight is 350 g/mol.